The molecule has 0 radical (unpaired) electrons. The number of hydrogen-bond donors (Lipinski definition) is 0. The van der Waals surface area contributed by atoms with E-state index >= 15 is 0 Å². The van der Waals surface area contributed by atoms with Crippen molar-refractivity contribution in [2.24, 2.45) is 0 Å². The van der Waals surface area contributed by atoms with Crippen LogP contribution in [-0.2, 0) is 0 Å². The Hall–Kier alpha value is -2.02. The van der Waals surface area contributed by atoms with Gasteiger partial charge < -0.3 is 0 Å². The van der Waals surface area contributed by atoms with E-state index in [9.17, 15) is 0 Å². The lowest BCUT2D eigenvalue weighted by Gasteiger charge is -1.94. The molecule has 0 saturated heterocycles. The average molecular weight is 461 g/mol. The number of benzene rings is 2. The third-order valence-electron chi connectivity index (χ3n) is 5.17. The van der Waals surface area contributed by atoms with Crippen molar-refractivity contribution in [3.05, 3.63) is 72.8 Å². The molecule has 5 heterocycles. The molecule has 2 aromatic carbocycles. The van der Waals surface area contributed by atoms with Crippen LogP contribution in [0.3, 0.4) is 0 Å². The summed E-state index contributed by atoms with van der Waals surface area (Å²) >= 11 is 9.81. The van der Waals surface area contributed by atoms with Gasteiger partial charge >= 0.3 is 0 Å². The highest BCUT2D eigenvalue weighted by atomic mass is 32.1. The molecule has 7 rings (SSSR count). The van der Waals surface area contributed by atoms with Crippen LogP contribution in [0.5, 0.6) is 0 Å². The zero-order chi connectivity index (χ0) is 18.9. The van der Waals surface area contributed by atoms with Crippen molar-refractivity contribution >= 4 is 94.3 Å². The van der Waals surface area contributed by atoms with E-state index in [4.69, 9.17) is 0 Å². The van der Waals surface area contributed by atoms with Crippen molar-refractivity contribution in [3.63, 3.8) is 0 Å². The van der Waals surface area contributed by atoms with Gasteiger partial charge in [0.2, 0.25) is 0 Å². The standard InChI is InChI=1S/C24H12S5/c1-3-7-13(8-4-1)15-11-17-19(25-15)21-23(27-17)24-22(29-21)20-18(28-24)12-16(26-20)14-9-5-2-6-10-14/h1-12H. The fraction of sp³-hybridized carbons (Fsp3) is 0. The molecule has 0 saturated carbocycles. The molecule has 5 aromatic heterocycles. The van der Waals surface area contributed by atoms with Crippen molar-refractivity contribution in [1.29, 1.82) is 0 Å². The predicted molar refractivity (Wildman–Crippen MR) is 137 cm³/mol. The molecule has 0 amide bonds. The van der Waals surface area contributed by atoms with E-state index in [2.05, 4.69) is 72.8 Å². The van der Waals surface area contributed by atoms with Gasteiger partial charge in [-0.2, -0.15) is 0 Å². The van der Waals surface area contributed by atoms with Crippen molar-refractivity contribution in [3.8, 4) is 20.9 Å². The predicted octanol–water partition coefficient (Wildman–Crippen LogP) is 9.94. The minimum absolute atomic E-state index is 1.32. The van der Waals surface area contributed by atoms with Crippen LogP contribution in [0.1, 0.15) is 0 Å². The lowest BCUT2D eigenvalue weighted by molar-refractivity contribution is 1.70. The Bertz CT molecular complexity index is 1510. The molecule has 0 aliphatic carbocycles. The van der Waals surface area contributed by atoms with Crippen molar-refractivity contribution in [2.45, 2.75) is 0 Å². The third kappa shape index (κ3) is 2.46. The molecular weight excluding hydrogens is 449 g/mol. The quantitative estimate of drug-likeness (QED) is 0.241. The molecule has 5 heteroatoms. The highest BCUT2D eigenvalue weighted by molar-refractivity contribution is 7.48. The third-order valence-corrected chi connectivity index (χ3v) is 12.0. The number of rotatable bonds is 2. The number of fused-ring (bicyclic) bond motifs is 7. The molecule has 0 nitrogen and oxygen atoms in total. The van der Waals surface area contributed by atoms with E-state index in [-0.39, 0.29) is 0 Å². The van der Waals surface area contributed by atoms with Crippen molar-refractivity contribution in [2.75, 3.05) is 0 Å². The Labute approximate surface area is 186 Å². The first-order chi connectivity index (χ1) is 14.3. The maximum atomic E-state index is 2.38. The summed E-state index contributed by atoms with van der Waals surface area (Å²) in [7, 11) is 0. The summed E-state index contributed by atoms with van der Waals surface area (Å²) in [6.45, 7) is 0. The summed E-state index contributed by atoms with van der Waals surface area (Å²) in [6.07, 6.45) is 0. The van der Waals surface area contributed by atoms with Crippen LogP contribution in [0.4, 0.5) is 0 Å². The van der Waals surface area contributed by atoms with E-state index in [0.29, 0.717) is 0 Å². The SMILES string of the molecule is c1ccc(-c2cc3sc4c(sc5c6sc(-c7ccccc7)cc6sc54)c3s2)cc1. The molecule has 0 fully saturated rings. The first kappa shape index (κ1) is 16.7. The molecule has 0 spiro atoms. The Morgan fingerprint density at radius 1 is 0.379 bits per heavy atom. The Morgan fingerprint density at radius 3 is 1.24 bits per heavy atom. The van der Waals surface area contributed by atoms with Gasteiger partial charge in [0.1, 0.15) is 0 Å². The van der Waals surface area contributed by atoms with Crippen molar-refractivity contribution < 1.29 is 0 Å². The van der Waals surface area contributed by atoms with E-state index < -0.39 is 0 Å². The van der Waals surface area contributed by atoms with Crippen LogP contribution in [0.2, 0.25) is 0 Å². The summed E-state index contributed by atoms with van der Waals surface area (Å²) in [4.78, 5) is 2.75. The van der Waals surface area contributed by atoms with E-state index in [1.54, 1.807) is 0 Å². The number of thiophene rings is 5. The van der Waals surface area contributed by atoms with Crippen molar-refractivity contribution in [1.82, 2.24) is 0 Å². The highest BCUT2D eigenvalue weighted by Crippen LogP contribution is 2.54. The van der Waals surface area contributed by atoms with Crippen LogP contribution in [0.25, 0.3) is 58.5 Å². The van der Waals surface area contributed by atoms with Gasteiger partial charge in [-0.05, 0) is 23.3 Å². The second-order valence-electron chi connectivity index (χ2n) is 6.96. The smallest absolute Gasteiger partial charge is 0.0651 e. The minimum atomic E-state index is 1.32. The Balaban J connectivity index is 1.44. The van der Waals surface area contributed by atoms with Gasteiger partial charge in [0.15, 0.2) is 0 Å². The molecule has 0 bridgehead atoms. The van der Waals surface area contributed by atoms with Gasteiger partial charge in [-0.3, -0.25) is 0 Å². The topological polar surface area (TPSA) is 0 Å². The molecule has 138 valence electrons. The Morgan fingerprint density at radius 2 is 0.793 bits per heavy atom. The van der Waals surface area contributed by atoms with Gasteiger partial charge in [0, 0.05) is 19.2 Å². The van der Waals surface area contributed by atoms with Crippen LogP contribution >= 0.6 is 56.7 Å². The fourth-order valence-electron chi connectivity index (χ4n) is 3.81. The molecule has 0 N–H and O–H groups in total. The monoisotopic (exact) mass is 460 g/mol. The van der Waals surface area contributed by atoms with Gasteiger partial charge in [-0.15, -0.1) is 56.7 Å². The average Bonchev–Trinajstić information content (AvgIpc) is 3.53. The Kier molecular flexibility index (Phi) is 3.60. The second kappa shape index (κ2) is 6.24. The minimum Gasteiger partial charge on any atom is -0.133 e. The van der Waals surface area contributed by atoms with Crippen LogP contribution < -0.4 is 0 Å². The van der Waals surface area contributed by atoms with Gasteiger partial charge in [0.05, 0.1) is 28.2 Å². The lowest BCUT2D eigenvalue weighted by atomic mass is 10.2. The fourth-order valence-corrected chi connectivity index (χ4v) is 11.1. The van der Waals surface area contributed by atoms with Gasteiger partial charge in [-0.1, -0.05) is 60.7 Å². The molecule has 0 aliphatic heterocycles. The zero-order valence-corrected chi connectivity index (χ0v) is 19.1. The largest absolute Gasteiger partial charge is 0.133 e. The zero-order valence-electron chi connectivity index (χ0n) is 15.0. The lowest BCUT2D eigenvalue weighted by Crippen LogP contribution is -1.67. The van der Waals surface area contributed by atoms with Crippen LogP contribution in [0, 0.1) is 0 Å². The molecule has 0 atom stereocenters. The normalized spacial score (nSPS) is 12.1. The molecule has 29 heavy (non-hydrogen) atoms. The molecular formula is C24H12S5. The maximum Gasteiger partial charge on any atom is 0.0651 e. The molecule has 0 aliphatic rings. The van der Waals surface area contributed by atoms with Crippen LogP contribution in [0.15, 0.2) is 72.8 Å². The summed E-state index contributed by atoms with van der Waals surface area (Å²) in [6, 6.07) is 26.2. The summed E-state index contributed by atoms with van der Waals surface area (Å²) in [5.74, 6) is 0. The van der Waals surface area contributed by atoms with Crippen LogP contribution in [-0.4, -0.2) is 0 Å². The molecule has 0 unspecified atom stereocenters. The summed E-state index contributed by atoms with van der Waals surface area (Å²) in [5.41, 5.74) is 2.64. The highest BCUT2D eigenvalue weighted by Gasteiger charge is 2.20. The number of hydrogen-bond acceptors (Lipinski definition) is 5. The summed E-state index contributed by atoms with van der Waals surface area (Å²) < 4.78 is 11.7. The van der Waals surface area contributed by atoms with Gasteiger partial charge in [0.25, 0.3) is 0 Å². The van der Waals surface area contributed by atoms with E-state index in [0.717, 1.165) is 0 Å². The molecule has 7 aromatic rings. The first-order valence-corrected chi connectivity index (χ1v) is 13.3. The van der Waals surface area contributed by atoms with Gasteiger partial charge in [-0.25, -0.2) is 0 Å². The maximum absolute atomic E-state index is 2.38. The first-order valence-electron chi connectivity index (χ1n) is 9.27. The van der Waals surface area contributed by atoms with E-state index in [1.807, 2.05) is 56.7 Å². The van der Waals surface area contributed by atoms with E-state index in [1.165, 1.54) is 58.5 Å². The second-order valence-corrected chi connectivity index (χ2v) is 12.2. The summed E-state index contributed by atoms with van der Waals surface area (Å²) in [5, 5.41) is 0.